The van der Waals surface area contributed by atoms with Crippen LogP contribution in [-0.2, 0) is 10.8 Å². The molecule has 0 amide bonds. The number of hydrogen-bond acceptors (Lipinski definition) is 7. The van der Waals surface area contributed by atoms with Gasteiger partial charge >= 0.3 is 0 Å². The van der Waals surface area contributed by atoms with Crippen molar-refractivity contribution in [3.8, 4) is 6.07 Å². The summed E-state index contributed by atoms with van der Waals surface area (Å²) < 4.78 is 11.4. The zero-order valence-electron chi connectivity index (χ0n) is 10.3. The normalized spacial score (nSPS) is 26.5. The molecule has 0 atom stereocenters. The molecule has 0 radical (unpaired) electrons. The van der Waals surface area contributed by atoms with Gasteiger partial charge < -0.3 is 10.6 Å². The minimum Gasteiger partial charge on any atom is -0.357 e. The quantitative estimate of drug-likeness (QED) is 0.850. The maximum atomic E-state index is 11.4. The molecule has 2 heterocycles. The summed E-state index contributed by atoms with van der Waals surface area (Å²) in [5.74, 6) is 1.57. The highest BCUT2D eigenvalue weighted by molar-refractivity contribution is 7.85. The Morgan fingerprint density at radius 2 is 1.95 bits per heavy atom. The van der Waals surface area contributed by atoms with E-state index in [1.807, 2.05) is 0 Å². The molecular weight excluding hydrogens is 288 g/mol. The van der Waals surface area contributed by atoms with Crippen LogP contribution >= 0.6 is 11.6 Å². The molecule has 1 fully saturated rings. The summed E-state index contributed by atoms with van der Waals surface area (Å²) in [5.41, 5.74) is -0.788. The molecule has 0 spiro atoms. The molecule has 1 aromatic rings. The minimum absolute atomic E-state index is 0.0503. The molecule has 2 rings (SSSR count). The van der Waals surface area contributed by atoms with E-state index in [-0.39, 0.29) is 11.2 Å². The lowest BCUT2D eigenvalue weighted by Crippen LogP contribution is -2.43. The van der Waals surface area contributed by atoms with E-state index >= 15 is 0 Å². The van der Waals surface area contributed by atoms with Crippen LogP contribution in [0, 0.1) is 11.3 Å². The molecule has 0 unspecified atom stereocenters. The molecule has 1 saturated heterocycles. The molecule has 0 aliphatic carbocycles. The van der Waals surface area contributed by atoms with Gasteiger partial charge in [-0.25, -0.2) is 0 Å². The van der Waals surface area contributed by atoms with Gasteiger partial charge in [-0.3, -0.25) is 4.21 Å². The predicted molar refractivity (Wildman–Crippen MR) is 73.5 cm³/mol. The zero-order chi connectivity index (χ0) is 13.9. The molecule has 2 N–H and O–H groups in total. The van der Waals surface area contributed by atoms with Gasteiger partial charge in [0.05, 0.1) is 6.07 Å². The maximum Gasteiger partial charge on any atom is 0.230 e. The molecule has 7 nitrogen and oxygen atoms in total. The van der Waals surface area contributed by atoms with Crippen molar-refractivity contribution in [1.82, 2.24) is 15.0 Å². The van der Waals surface area contributed by atoms with Crippen LogP contribution in [0.4, 0.5) is 11.9 Å². The van der Waals surface area contributed by atoms with Crippen molar-refractivity contribution in [1.29, 1.82) is 5.26 Å². The largest absolute Gasteiger partial charge is 0.357 e. The average molecular weight is 301 g/mol. The molecule has 1 aliphatic heterocycles. The molecule has 19 heavy (non-hydrogen) atoms. The average Bonchev–Trinajstić information content (AvgIpc) is 2.41. The summed E-state index contributed by atoms with van der Waals surface area (Å²) in [6.07, 6.45) is 0.989. The third-order valence-electron chi connectivity index (χ3n) is 2.91. The number of anilines is 2. The Hall–Kier alpha value is -1.46. The van der Waals surface area contributed by atoms with Gasteiger partial charge in [0.2, 0.25) is 17.2 Å². The van der Waals surface area contributed by atoms with Gasteiger partial charge in [0.25, 0.3) is 0 Å². The third-order valence-corrected chi connectivity index (χ3v) is 4.40. The van der Waals surface area contributed by atoms with Crippen molar-refractivity contribution in [2.45, 2.75) is 18.4 Å². The van der Waals surface area contributed by atoms with E-state index in [0.29, 0.717) is 30.3 Å². The number of halogens is 1. The van der Waals surface area contributed by atoms with E-state index in [1.54, 1.807) is 7.05 Å². The predicted octanol–water partition coefficient (Wildman–Crippen LogP) is 0.783. The van der Waals surface area contributed by atoms with Crippen LogP contribution in [0.1, 0.15) is 12.8 Å². The van der Waals surface area contributed by atoms with Crippen LogP contribution in [0.2, 0.25) is 5.28 Å². The molecule has 0 bridgehead atoms. The van der Waals surface area contributed by atoms with Crippen molar-refractivity contribution >= 4 is 34.3 Å². The Balaban J connectivity index is 2.21. The Morgan fingerprint density at radius 1 is 1.32 bits per heavy atom. The first kappa shape index (κ1) is 14.0. The fourth-order valence-corrected chi connectivity index (χ4v) is 3.32. The Bertz CT molecular complexity index is 535. The minimum atomic E-state index is -0.839. The van der Waals surface area contributed by atoms with Gasteiger partial charge in [-0.1, -0.05) is 0 Å². The van der Waals surface area contributed by atoms with Crippen LogP contribution in [-0.4, -0.2) is 43.3 Å². The zero-order valence-corrected chi connectivity index (χ0v) is 11.9. The number of aromatic nitrogens is 3. The van der Waals surface area contributed by atoms with Crippen molar-refractivity contribution < 1.29 is 4.21 Å². The highest BCUT2D eigenvalue weighted by Crippen LogP contribution is 2.25. The van der Waals surface area contributed by atoms with Crippen LogP contribution in [0.25, 0.3) is 0 Å². The standard InChI is InChI=1S/C10H13ClN6OS/c1-13-8-14-7(11)15-9(16-8)17-10(6-12)2-4-19(18)5-3-10/h2-5H2,1H3,(H2,13,14,15,16,17). The third kappa shape index (κ3) is 3.30. The number of hydrogen-bond donors (Lipinski definition) is 2. The van der Waals surface area contributed by atoms with Crippen molar-refractivity contribution in [3.63, 3.8) is 0 Å². The fraction of sp³-hybridized carbons (Fsp3) is 0.600. The van der Waals surface area contributed by atoms with Crippen LogP contribution in [0.15, 0.2) is 0 Å². The first-order valence-corrected chi connectivity index (χ1v) is 7.57. The van der Waals surface area contributed by atoms with E-state index in [1.165, 1.54) is 0 Å². The monoisotopic (exact) mass is 300 g/mol. The first-order chi connectivity index (χ1) is 9.07. The SMILES string of the molecule is CNc1nc(Cl)nc(NC2(C#N)CCS(=O)CC2)n1. The lowest BCUT2D eigenvalue weighted by atomic mass is 9.94. The van der Waals surface area contributed by atoms with Gasteiger partial charge in [-0.2, -0.15) is 20.2 Å². The number of rotatable bonds is 3. The van der Waals surface area contributed by atoms with E-state index in [0.717, 1.165) is 0 Å². The Kier molecular flexibility index (Phi) is 4.17. The molecule has 1 aliphatic rings. The molecule has 1 aromatic heterocycles. The maximum absolute atomic E-state index is 11.4. The summed E-state index contributed by atoms with van der Waals surface area (Å²) >= 11 is 5.78. The van der Waals surface area contributed by atoms with Gasteiger partial charge in [-0.05, 0) is 24.4 Å². The molecular formula is C10H13ClN6OS. The van der Waals surface area contributed by atoms with Gasteiger partial charge in [0.1, 0.15) is 5.54 Å². The second-order valence-electron chi connectivity index (χ2n) is 4.17. The van der Waals surface area contributed by atoms with Gasteiger partial charge in [0, 0.05) is 29.4 Å². The summed E-state index contributed by atoms with van der Waals surface area (Å²) in [5, 5.41) is 15.2. The van der Waals surface area contributed by atoms with E-state index in [9.17, 15) is 9.47 Å². The summed E-state index contributed by atoms with van der Waals surface area (Å²) in [7, 11) is 0.826. The second-order valence-corrected chi connectivity index (χ2v) is 6.20. The van der Waals surface area contributed by atoms with Gasteiger partial charge in [-0.15, -0.1) is 0 Å². The summed E-state index contributed by atoms with van der Waals surface area (Å²) in [4.78, 5) is 11.9. The smallest absolute Gasteiger partial charge is 0.230 e. The lowest BCUT2D eigenvalue weighted by Gasteiger charge is -2.31. The van der Waals surface area contributed by atoms with Crippen LogP contribution in [0.5, 0.6) is 0 Å². The van der Waals surface area contributed by atoms with E-state index in [4.69, 9.17) is 11.6 Å². The molecule has 0 saturated carbocycles. The number of nitriles is 1. The van der Waals surface area contributed by atoms with Crippen molar-refractivity contribution in [3.05, 3.63) is 5.28 Å². The van der Waals surface area contributed by atoms with Crippen LogP contribution in [0.3, 0.4) is 0 Å². The molecule has 102 valence electrons. The van der Waals surface area contributed by atoms with Gasteiger partial charge in [0.15, 0.2) is 0 Å². The van der Waals surface area contributed by atoms with E-state index in [2.05, 4.69) is 31.7 Å². The molecule has 9 heteroatoms. The highest BCUT2D eigenvalue weighted by atomic mass is 35.5. The lowest BCUT2D eigenvalue weighted by molar-refractivity contribution is 0.527. The van der Waals surface area contributed by atoms with E-state index < -0.39 is 16.3 Å². The molecule has 0 aromatic carbocycles. The first-order valence-electron chi connectivity index (χ1n) is 5.71. The number of nitrogens with zero attached hydrogens (tertiary/aromatic N) is 4. The second kappa shape index (κ2) is 5.67. The highest BCUT2D eigenvalue weighted by Gasteiger charge is 2.35. The fourth-order valence-electron chi connectivity index (χ4n) is 1.80. The number of nitrogens with one attached hydrogen (secondary N) is 2. The van der Waals surface area contributed by atoms with Crippen molar-refractivity contribution in [2.75, 3.05) is 29.2 Å². The Labute approximate surface area is 118 Å². The van der Waals surface area contributed by atoms with Crippen LogP contribution < -0.4 is 10.6 Å². The topological polar surface area (TPSA) is 104 Å². The van der Waals surface area contributed by atoms with Crippen molar-refractivity contribution in [2.24, 2.45) is 0 Å². The summed E-state index contributed by atoms with van der Waals surface area (Å²) in [6.45, 7) is 0. The Morgan fingerprint density at radius 3 is 2.53 bits per heavy atom. The summed E-state index contributed by atoms with van der Waals surface area (Å²) in [6, 6.07) is 2.23.